The van der Waals surface area contributed by atoms with Crippen molar-refractivity contribution >= 4 is 22.5 Å². The summed E-state index contributed by atoms with van der Waals surface area (Å²) in [4.78, 5) is 16.8. The lowest BCUT2D eigenvalue weighted by molar-refractivity contribution is 0.102. The summed E-state index contributed by atoms with van der Waals surface area (Å²) in [5.41, 5.74) is 3.48. The van der Waals surface area contributed by atoms with Crippen LogP contribution < -0.4 is 5.32 Å². The molecule has 0 aliphatic heterocycles. The van der Waals surface area contributed by atoms with Crippen LogP contribution in [0.2, 0.25) is 0 Å². The number of rotatable bonds is 3. The summed E-state index contributed by atoms with van der Waals surface area (Å²) in [6.07, 6.45) is 1.76. The number of carbonyl (C=O) groups is 1. The Labute approximate surface area is 130 Å². The highest BCUT2D eigenvalue weighted by atomic mass is 16.1. The van der Waals surface area contributed by atoms with Gasteiger partial charge in [0.15, 0.2) is 0 Å². The van der Waals surface area contributed by atoms with Crippen molar-refractivity contribution in [2.75, 3.05) is 5.32 Å². The van der Waals surface area contributed by atoms with Gasteiger partial charge in [0.05, 0.1) is 5.52 Å². The number of anilines is 1. The fourth-order valence-corrected chi connectivity index (χ4v) is 2.56. The molecule has 1 N–H and O–H groups in total. The van der Waals surface area contributed by atoms with E-state index in [2.05, 4.69) is 24.1 Å². The molecule has 2 aromatic carbocycles. The summed E-state index contributed by atoms with van der Waals surface area (Å²) < 4.78 is 0. The monoisotopic (exact) mass is 290 g/mol. The molecule has 22 heavy (non-hydrogen) atoms. The lowest BCUT2D eigenvalue weighted by Gasteiger charge is -2.13. The van der Waals surface area contributed by atoms with E-state index >= 15 is 0 Å². The van der Waals surface area contributed by atoms with Gasteiger partial charge < -0.3 is 5.32 Å². The van der Waals surface area contributed by atoms with Gasteiger partial charge in [0.2, 0.25) is 0 Å². The normalized spacial score (nSPS) is 10.9. The van der Waals surface area contributed by atoms with Gasteiger partial charge in [-0.05, 0) is 41.8 Å². The minimum absolute atomic E-state index is 0.0764. The van der Waals surface area contributed by atoms with Crippen LogP contribution in [-0.2, 0) is 0 Å². The van der Waals surface area contributed by atoms with Crippen LogP contribution >= 0.6 is 0 Å². The molecule has 0 spiro atoms. The number of aromatic nitrogens is 1. The molecule has 1 amide bonds. The van der Waals surface area contributed by atoms with E-state index in [9.17, 15) is 4.79 Å². The van der Waals surface area contributed by atoms with Crippen molar-refractivity contribution < 1.29 is 4.79 Å². The van der Waals surface area contributed by atoms with Crippen molar-refractivity contribution in [1.29, 1.82) is 0 Å². The van der Waals surface area contributed by atoms with E-state index in [0.717, 1.165) is 27.7 Å². The predicted molar refractivity (Wildman–Crippen MR) is 90.2 cm³/mol. The average molecular weight is 290 g/mol. The molecule has 0 aliphatic rings. The second-order valence-electron chi connectivity index (χ2n) is 5.61. The van der Waals surface area contributed by atoms with Crippen LogP contribution in [-0.4, -0.2) is 10.9 Å². The van der Waals surface area contributed by atoms with E-state index in [1.165, 1.54) is 0 Å². The molecule has 0 atom stereocenters. The molecule has 110 valence electrons. The topological polar surface area (TPSA) is 42.0 Å². The number of amides is 1. The highest BCUT2D eigenvalue weighted by Gasteiger charge is 2.13. The Morgan fingerprint density at radius 2 is 1.86 bits per heavy atom. The molecule has 3 aromatic rings. The maximum absolute atomic E-state index is 12.5. The number of benzene rings is 2. The highest BCUT2D eigenvalue weighted by molar-refractivity contribution is 6.06. The molecule has 0 bridgehead atoms. The van der Waals surface area contributed by atoms with Crippen molar-refractivity contribution in [2.24, 2.45) is 0 Å². The van der Waals surface area contributed by atoms with Crippen molar-refractivity contribution in [1.82, 2.24) is 4.98 Å². The number of carbonyl (C=O) groups excluding carboxylic acids is 1. The van der Waals surface area contributed by atoms with Gasteiger partial charge in [-0.2, -0.15) is 0 Å². The number of fused-ring (bicyclic) bond motifs is 1. The SMILES string of the molecule is CC(C)c1ccccc1C(=O)Nc1ccc2ncccc2c1. The van der Waals surface area contributed by atoms with Crippen molar-refractivity contribution in [2.45, 2.75) is 19.8 Å². The van der Waals surface area contributed by atoms with Gasteiger partial charge >= 0.3 is 0 Å². The van der Waals surface area contributed by atoms with Gasteiger partial charge in [-0.1, -0.05) is 38.1 Å². The van der Waals surface area contributed by atoms with Crippen LogP contribution in [0.3, 0.4) is 0 Å². The van der Waals surface area contributed by atoms with Crippen LogP contribution in [0.4, 0.5) is 5.69 Å². The first-order valence-electron chi connectivity index (χ1n) is 7.40. The molecule has 0 fully saturated rings. The summed E-state index contributed by atoms with van der Waals surface area (Å²) in [5.74, 6) is 0.232. The first kappa shape index (κ1) is 14.3. The molecule has 3 rings (SSSR count). The molecule has 3 heteroatoms. The van der Waals surface area contributed by atoms with Crippen LogP contribution in [0.1, 0.15) is 35.7 Å². The smallest absolute Gasteiger partial charge is 0.255 e. The van der Waals surface area contributed by atoms with Crippen molar-refractivity contribution in [3.8, 4) is 0 Å². The first-order chi connectivity index (χ1) is 10.6. The summed E-state index contributed by atoms with van der Waals surface area (Å²) in [5, 5.41) is 3.99. The van der Waals surface area contributed by atoms with Crippen LogP contribution in [0.15, 0.2) is 60.8 Å². The number of hydrogen-bond donors (Lipinski definition) is 1. The van der Waals surface area contributed by atoms with E-state index in [-0.39, 0.29) is 5.91 Å². The second-order valence-corrected chi connectivity index (χ2v) is 5.61. The molecular formula is C19H18N2O. The van der Waals surface area contributed by atoms with Gasteiger partial charge in [-0.3, -0.25) is 9.78 Å². The van der Waals surface area contributed by atoms with Crippen LogP contribution in [0.25, 0.3) is 10.9 Å². The molecule has 0 saturated carbocycles. The number of nitrogens with one attached hydrogen (secondary N) is 1. The van der Waals surface area contributed by atoms with Crippen LogP contribution in [0.5, 0.6) is 0 Å². The van der Waals surface area contributed by atoms with Gasteiger partial charge in [-0.25, -0.2) is 0 Å². The zero-order valence-corrected chi connectivity index (χ0v) is 12.7. The van der Waals surface area contributed by atoms with Gasteiger partial charge in [-0.15, -0.1) is 0 Å². The third-order valence-corrected chi connectivity index (χ3v) is 3.69. The fraction of sp³-hybridized carbons (Fsp3) is 0.158. The van der Waals surface area contributed by atoms with E-state index in [0.29, 0.717) is 5.92 Å². The van der Waals surface area contributed by atoms with Gasteiger partial charge in [0, 0.05) is 22.8 Å². The molecule has 0 aliphatic carbocycles. The molecule has 3 nitrogen and oxygen atoms in total. The summed E-state index contributed by atoms with van der Waals surface area (Å²) in [6, 6.07) is 17.3. The predicted octanol–water partition coefficient (Wildman–Crippen LogP) is 4.61. The minimum atomic E-state index is -0.0764. The Hall–Kier alpha value is -2.68. The lowest BCUT2D eigenvalue weighted by Crippen LogP contribution is -2.14. The van der Waals surface area contributed by atoms with Gasteiger partial charge in [0.25, 0.3) is 5.91 Å². The Kier molecular flexibility index (Phi) is 3.88. The molecule has 1 aromatic heterocycles. The average Bonchev–Trinajstić information content (AvgIpc) is 2.54. The zero-order chi connectivity index (χ0) is 15.5. The number of hydrogen-bond acceptors (Lipinski definition) is 2. The van der Waals surface area contributed by atoms with E-state index in [4.69, 9.17) is 0 Å². The molecule has 0 unspecified atom stereocenters. The second kappa shape index (κ2) is 5.98. The third-order valence-electron chi connectivity index (χ3n) is 3.69. The molecular weight excluding hydrogens is 272 g/mol. The van der Waals surface area contributed by atoms with E-state index in [1.54, 1.807) is 6.20 Å². The van der Waals surface area contributed by atoms with Gasteiger partial charge in [0.1, 0.15) is 0 Å². The number of pyridine rings is 1. The largest absolute Gasteiger partial charge is 0.322 e. The maximum atomic E-state index is 12.5. The third kappa shape index (κ3) is 2.84. The first-order valence-corrected chi connectivity index (χ1v) is 7.40. The molecule has 0 saturated heterocycles. The quantitative estimate of drug-likeness (QED) is 0.765. The van der Waals surface area contributed by atoms with E-state index in [1.807, 2.05) is 54.6 Å². The Morgan fingerprint density at radius 3 is 2.68 bits per heavy atom. The minimum Gasteiger partial charge on any atom is -0.322 e. The standard InChI is InChI=1S/C19H18N2O/c1-13(2)16-7-3-4-8-17(16)19(22)21-15-9-10-18-14(12-15)6-5-11-20-18/h3-13H,1-2H3,(H,21,22). The summed E-state index contributed by atoms with van der Waals surface area (Å²) in [6.45, 7) is 4.18. The Balaban J connectivity index is 1.90. The Bertz CT molecular complexity index is 824. The fourth-order valence-electron chi connectivity index (χ4n) is 2.56. The van der Waals surface area contributed by atoms with E-state index < -0.39 is 0 Å². The Morgan fingerprint density at radius 1 is 1.05 bits per heavy atom. The summed E-state index contributed by atoms with van der Waals surface area (Å²) >= 11 is 0. The lowest BCUT2D eigenvalue weighted by atomic mass is 9.97. The zero-order valence-electron chi connectivity index (χ0n) is 12.7. The maximum Gasteiger partial charge on any atom is 0.255 e. The highest BCUT2D eigenvalue weighted by Crippen LogP contribution is 2.22. The van der Waals surface area contributed by atoms with Crippen LogP contribution in [0, 0.1) is 0 Å². The summed E-state index contributed by atoms with van der Waals surface area (Å²) in [7, 11) is 0. The molecule has 0 radical (unpaired) electrons. The van der Waals surface area contributed by atoms with Crippen molar-refractivity contribution in [3.05, 3.63) is 71.9 Å². The number of nitrogens with zero attached hydrogens (tertiary/aromatic N) is 1. The van der Waals surface area contributed by atoms with Crippen molar-refractivity contribution in [3.63, 3.8) is 0 Å². The molecule has 1 heterocycles.